The summed E-state index contributed by atoms with van der Waals surface area (Å²) in [6, 6.07) is 8.57. The molecule has 12 heteroatoms. The number of benzene rings is 1. The number of anilines is 1. The first-order chi connectivity index (χ1) is 15.1. The summed E-state index contributed by atoms with van der Waals surface area (Å²) in [5, 5.41) is 3.62. The number of alkyl halides is 3. The molecule has 0 aliphatic carbocycles. The van der Waals surface area contributed by atoms with Crippen LogP contribution in [0.4, 0.5) is 19.0 Å². The number of rotatable bonds is 3. The van der Waals surface area contributed by atoms with E-state index in [0.717, 1.165) is 16.3 Å². The zero-order chi connectivity index (χ0) is 23.3. The highest BCUT2D eigenvalue weighted by molar-refractivity contribution is 6.09. The van der Waals surface area contributed by atoms with Gasteiger partial charge in [-0.3, -0.25) is 24.4 Å². The number of aromatic nitrogens is 3. The topological polar surface area (TPSA) is 126 Å². The number of hydrogen-bond donors (Lipinski definition) is 3. The lowest BCUT2D eigenvalue weighted by Gasteiger charge is -2.30. The van der Waals surface area contributed by atoms with E-state index in [9.17, 15) is 32.3 Å². The number of amides is 2. The molecule has 3 heterocycles. The van der Waals surface area contributed by atoms with Crippen LogP contribution >= 0.6 is 0 Å². The van der Waals surface area contributed by atoms with Gasteiger partial charge in [0.25, 0.3) is 22.9 Å². The lowest BCUT2D eigenvalue weighted by molar-refractivity contribution is -0.196. The van der Waals surface area contributed by atoms with E-state index in [4.69, 9.17) is 0 Å². The van der Waals surface area contributed by atoms with Crippen LogP contribution in [-0.2, 0) is 10.3 Å². The highest BCUT2D eigenvalue weighted by Crippen LogP contribution is 2.45. The van der Waals surface area contributed by atoms with Gasteiger partial charge in [-0.05, 0) is 31.2 Å². The van der Waals surface area contributed by atoms with Crippen LogP contribution in [0.1, 0.15) is 21.5 Å². The van der Waals surface area contributed by atoms with Crippen molar-refractivity contribution in [2.24, 2.45) is 0 Å². The van der Waals surface area contributed by atoms with Gasteiger partial charge in [-0.1, -0.05) is 17.7 Å². The molecule has 0 fully saturated rings. The van der Waals surface area contributed by atoms with Crippen molar-refractivity contribution >= 4 is 17.6 Å². The molecule has 4 rings (SSSR count). The third kappa shape index (κ3) is 3.07. The molecule has 0 saturated carbocycles. The molecule has 2 amide bonds. The van der Waals surface area contributed by atoms with E-state index in [0.29, 0.717) is 0 Å². The van der Waals surface area contributed by atoms with Crippen LogP contribution in [0.3, 0.4) is 0 Å². The first-order valence-electron chi connectivity index (χ1n) is 9.14. The van der Waals surface area contributed by atoms with Gasteiger partial charge >= 0.3 is 11.9 Å². The van der Waals surface area contributed by atoms with Gasteiger partial charge in [-0.2, -0.15) is 13.2 Å². The fraction of sp³-hybridized carbons (Fsp3) is 0.150. The van der Waals surface area contributed by atoms with E-state index in [1.165, 1.54) is 30.5 Å². The van der Waals surface area contributed by atoms with Crippen molar-refractivity contribution in [1.82, 2.24) is 19.9 Å². The summed E-state index contributed by atoms with van der Waals surface area (Å²) < 4.78 is 43.8. The van der Waals surface area contributed by atoms with Crippen LogP contribution in [-0.4, -0.2) is 32.5 Å². The first kappa shape index (κ1) is 21.0. The molecule has 0 saturated heterocycles. The van der Waals surface area contributed by atoms with Crippen LogP contribution in [0.15, 0.2) is 58.4 Å². The molecule has 2 aromatic heterocycles. The van der Waals surface area contributed by atoms with Crippen molar-refractivity contribution in [3.05, 3.63) is 86.3 Å². The molecule has 0 radical (unpaired) electrons. The van der Waals surface area contributed by atoms with Crippen molar-refractivity contribution in [3.63, 3.8) is 0 Å². The molecule has 164 valence electrons. The third-order valence-electron chi connectivity index (χ3n) is 5.00. The smallest absolute Gasteiger partial charge is 0.326 e. The molecule has 0 unspecified atom stereocenters. The molecule has 32 heavy (non-hydrogen) atoms. The molecular formula is C20H14F3N5O4. The molecule has 9 nitrogen and oxygen atoms in total. The quantitative estimate of drug-likeness (QED) is 0.562. The van der Waals surface area contributed by atoms with E-state index in [2.05, 4.69) is 4.98 Å². The molecule has 1 aromatic carbocycles. The Bertz CT molecular complexity index is 1350. The Balaban J connectivity index is 1.98. The summed E-state index contributed by atoms with van der Waals surface area (Å²) in [5.74, 6) is -3.70. The predicted octanol–water partition coefficient (Wildman–Crippen LogP) is 1.37. The summed E-state index contributed by atoms with van der Waals surface area (Å²) in [6.07, 6.45) is -3.12. The second-order valence-corrected chi connectivity index (χ2v) is 7.05. The zero-order valence-electron chi connectivity index (χ0n) is 16.3. The molecule has 3 N–H and O–H groups in total. The van der Waals surface area contributed by atoms with Gasteiger partial charge in [0.1, 0.15) is 11.4 Å². The summed E-state index contributed by atoms with van der Waals surface area (Å²) >= 11 is 0. The molecule has 3 aromatic rings. The number of aromatic amines is 1. The standard InChI is InChI=1S/C20H14F3N5O4/c1-10-4-6-12(7-5-10)28-14-13(16(30)26-18(28)32)19(17(31)25-14,20(21,22)23)27-15(29)11-3-2-8-24-9-11/h2-9H,1H3,(H,25,31)(H,27,29)(H,26,30,32)/t19-/m1/s1. The maximum Gasteiger partial charge on any atom is 0.425 e. The number of carbonyl (C=O) groups is 2. The van der Waals surface area contributed by atoms with Crippen molar-refractivity contribution < 1.29 is 22.8 Å². The van der Waals surface area contributed by atoms with Crippen LogP contribution in [0.25, 0.3) is 5.69 Å². The maximum absolute atomic E-state index is 14.4. The highest BCUT2D eigenvalue weighted by Gasteiger charge is 2.68. The normalized spacial score (nSPS) is 17.6. The van der Waals surface area contributed by atoms with E-state index in [-0.39, 0.29) is 11.3 Å². The van der Waals surface area contributed by atoms with Crippen LogP contribution in [0.2, 0.25) is 0 Å². The van der Waals surface area contributed by atoms with Crippen LogP contribution in [0, 0.1) is 6.92 Å². The number of carbonyl (C=O) groups excluding carboxylic acids is 2. The summed E-state index contributed by atoms with van der Waals surface area (Å²) in [7, 11) is 0. The van der Waals surface area contributed by atoms with Gasteiger partial charge in [0.15, 0.2) is 0 Å². The highest BCUT2D eigenvalue weighted by atomic mass is 19.4. The molecule has 0 bridgehead atoms. The summed E-state index contributed by atoms with van der Waals surface area (Å²) in [4.78, 5) is 55.8. The number of H-pyrrole nitrogens is 1. The van der Waals surface area contributed by atoms with Gasteiger partial charge in [0.2, 0.25) is 0 Å². The molecular weight excluding hydrogens is 431 g/mol. The maximum atomic E-state index is 14.4. The van der Waals surface area contributed by atoms with E-state index in [1.807, 2.05) is 10.3 Å². The number of nitrogens with zero attached hydrogens (tertiary/aromatic N) is 2. The fourth-order valence-electron chi connectivity index (χ4n) is 3.46. The van der Waals surface area contributed by atoms with Gasteiger partial charge < -0.3 is 10.6 Å². The fourth-order valence-corrected chi connectivity index (χ4v) is 3.46. The van der Waals surface area contributed by atoms with Crippen molar-refractivity contribution in [2.75, 3.05) is 5.32 Å². The lowest BCUT2D eigenvalue weighted by atomic mass is 9.91. The Kier molecular flexibility index (Phi) is 4.72. The first-order valence-corrected chi connectivity index (χ1v) is 9.14. The minimum atomic E-state index is -5.43. The van der Waals surface area contributed by atoms with Crippen LogP contribution in [0.5, 0.6) is 0 Å². The second-order valence-electron chi connectivity index (χ2n) is 7.05. The van der Waals surface area contributed by atoms with E-state index < -0.39 is 46.2 Å². The average molecular weight is 445 g/mol. The average Bonchev–Trinajstić information content (AvgIpc) is 3.03. The largest absolute Gasteiger partial charge is 0.425 e. The van der Waals surface area contributed by atoms with Gasteiger partial charge in [-0.15, -0.1) is 0 Å². The lowest BCUT2D eigenvalue weighted by Crippen LogP contribution is -2.62. The Morgan fingerprint density at radius 1 is 1.12 bits per heavy atom. The van der Waals surface area contributed by atoms with Crippen molar-refractivity contribution in [2.45, 2.75) is 18.6 Å². The van der Waals surface area contributed by atoms with Gasteiger partial charge in [0, 0.05) is 12.4 Å². The second kappa shape index (κ2) is 7.18. The molecule has 1 aliphatic heterocycles. The van der Waals surface area contributed by atoms with Crippen molar-refractivity contribution in [1.29, 1.82) is 0 Å². The number of fused-ring (bicyclic) bond motifs is 1. The number of nitrogens with one attached hydrogen (secondary N) is 3. The third-order valence-corrected chi connectivity index (χ3v) is 5.00. The number of aryl methyl sites for hydroxylation is 1. The Morgan fingerprint density at radius 2 is 1.81 bits per heavy atom. The molecule has 0 spiro atoms. The SMILES string of the molecule is Cc1ccc(-n2c3c(c(=O)[nH]c2=O)[C@](NC(=O)c2cccnc2)(C(F)(F)F)C(=O)N3)cc1. The number of hydrogen-bond acceptors (Lipinski definition) is 5. The van der Waals surface area contributed by atoms with Gasteiger partial charge in [0.05, 0.1) is 11.3 Å². The Labute approximate surface area is 176 Å². The van der Waals surface area contributed by atoms with Gasteiger partial charge in [-0.25, -0.2) is 9.36 Å². The summed E-state index contributed by atoms with van der Waals surface area (Å²) in [5.41, 5.74) is -6.76. The Morgan fingerprint density at radius 3 is 2.41 bits per heavy atom. The van der Waals surface area contributed by atoms with E-state index in [1.54, 1.807) is 24.4 Å². The van der Waals surface area contributed by atoms with Crippen LogP contribution < -0.4 is 21.9 Å². The number of halogens is 3. The minimum absolute atomic E-state index is 0.102. The Hall–Kier alpha value is -4.22. The van der Waals surface area contributed by atoms with Crippen molar-refractivity contribution in [3.8, 4) is 5.69 Å². The minimum Gasteiger partial charge on any atom is -0.326 e. The summed E-state index contributed by atoms with van der Waals surface area (Å²) in [6.45, 7) is 1.76. The van der Waals surface area contributed by atoms with E-state index >= 15 is 0 Å². The zero-order valence-corrected chi connectivity index (χ0v) is 16.3. The molecule has 1 atom stereocenters. The monoisotopic (exact) mass is 445 g/mol. The predicted molar refractivity (Wildman–Crippen MR) is 105 cm³/mol. The molecule has 1 aliphatic rings. The number of pyridine rings is 1.